The predicted octanol–water partition coefficient (Wildman–Crippen LogP) is 0.969. The van der Waals surface area contributed by atoms with E-state index in [0.29, 0.717) is 12.1 Å². The van der Waals surface area contributed by atoms with E-state index in [1.165, 1.54) is 0 Å². The Kier molecular flexibility index (Phi) is 3.82. The molecule has 0 amide bonds. The summed E-state index contributed by atoms with van der Waals surface area (Å²) >= 11 is 0. The molecule has 0 aliphatic rings. The van der Waals surface area contributed by atoms with Gasteiger partial charge in [-0.1, -0.05) is 5.57 Å². The van der Waals surface area contributed by atoms with Gasteiger partial charge >= 0.3 is 5.97 Å². The van der Waals surface area contributed by atoms with Gasteiger partial charge in [0.2, 0.25) is 0 Å². The summed E-state index contributed by atoms with van der Waals surface area (Å²) in [7, 11) is 3.71. The highest BCUT2D eigenvalue weighted by molar-refractivity contribution is 5.87. The van der Waals surface area contributed by atoms with Crippen molar-refractivity contribution in [3.63, 3.8) is 0 Å². The van der Waals surface area contributed by atoms with Crippen molar-refractivity contribution in [2.75, 3.05) is 20.6 Å². The lowest BCUT2D eigenvalue weighted by Gasteiger charge is -2.11. The van der Waals surface area contributed by atoms with Crippen molar-refractivity contribution >= 4 is 5.97 Å². The van der Waals surface area contributed by atoms with Crippen LogP contribution >= 0.6 is 0 Å². The molecule has 1 N–H and O–H groups in total. The summed E-state index contributed by atoms with van der Waals surface area (Å²) in [5.41, 5.74) is 1.35. The molecule has 0 rings (SSSR count). The summed E-state index contributed by atoms with van der Waals surface area (Å²) in [6, 6.07) is 0. The first kappa shape index (κ1) is 10.2. The maximum Gasteiger partial charge on any atom is 0.332 e. The molecule has 0 radical (unpaired) electrons. The first-order chi connectivity index (χ1) is 4.95. The van der Waals surface area contributed by atoms with Gasteiger partial charge in [-0.3, -0.25) is 0 Å². The lowest BCUT2D eigenvalue weighted by Crippen LogP contribution is -2.20. The standard InChI is InChI=1S/C8H15NO2/c1-6(2)7(8(10)11)5-9(3)4/h5H2,1-4H3,(H,10,11). The number of hydrogen-bond acceptors (Lipinski definition) is 2. The molecule has 0 bridgehead atoms. The molecule has 3 nitrogen and oxygen atoms in total. The van der Waals surface area contributed by atoms with Gasteiger partial charge in [0.05, 0.1) is 0 Å². The molecule has 0 saturated carbocycles. The van der Waals surface area contributed by atoms with E-state index in [4.69, 9.17) is 5.11 Å². The van der Waals surface area contributed by atoms with E-state index in [0.717, 1.165) is 5.57 Å². The highest BCUT2D eigenvalue weighted by Crippen LogP contribution is 2.03. The molecule has 0 unspecified atom stereocenters. The predicted molar refractivity (Wildman–Crippen MR) is 44.6 cm³/mol. The minimum absolute atomic E-state index is 0.481. The molecular formula is C8H15NO2. The van der Waals surface area contributed by atoms with Crippen molar-refractivity contribution < 1.29 is 9.90 Å². The Morgan fingerprint density at radius 3 is 1.91 bits per heavy atom. The highest BCUT2D eigenvalue weighted by atomic mass is 16.4. The van der Waals surface area contributed by atoms with Crippen molar-refractivity contribution in [3.05, 3.63) is 11.1 Å². The summed E-state index contributed by atoms with van der Waals surface area (Å²) in [5.74, 6) is -0.821. The minimum atomic E-state index is -0.821. The second kappa shape index (κ2) is 4.13. The molecule has 0 aromatic carbocycles. The molecule has 64 valence electrons. The fraction of sp³-hybridized carbons (Fsp3) is 0.625. The van der Waals surface area contributed by atoms with E-state index < -0.39 is 5.97 Å². The molecular weight excluding hydrogens is 142 g/mol. The summed E-state index contributed by atoms with van der Waals surface area (Å²) in [6.45, 7) is 4.12. The largest absolute Gasteiger partial charge is 0.478 e. The zero-order valence-electron chi connectivity index (χ0n) is 7.51. The maximum absolute atomic E-state index is 10.6. The molecule has 0 aromatic heterocycles. The average molecular weight is 157 g/mol. The Balaban J connectivity index is 4.39. The summed E-state index contributed by atoms with van der Waals surface area (Å²) < 4.78 is 0. The summed E-state index contributed by atoms with van der Waals surface area (Å²) in [4.78, 5) is 12.4. The third-order valence-corrected chi connectivity index (χ3v) is 1.34. The third kappa shape index (κ3) is 3.78. The molecule has 11 heavy (non-hydrogen) atoms. The quantitative estimate of drug-likeness (QED) is 0.620. The number of carboxylic acids is 1. The van der Waals surface area contributed by atoms with Crippen LogP contribution in [0.25, 0.3) is 0 Å². The molecule has 0 aromatic rings. The number of hydrogen-bond donors (Lipinski definition) is 1. The number of carbonyl (C=O) groups is 1. The summed E-state index contributed by atoms with van der Waals surface area (Å²) in [5, 5.41) is 8.71. The molecule has 0 saturated heterocycles. The van der Waals surface area contributed by atoms with Crippen LogP contribution in [0.15, 0.2) is 11.1 Å². The average Bonchev–Trinajstić information content (AvgIpc) is 1.81. The van der Waals surface area contributed by atoms with Gasteiger partial charge in [0.1, 0.15) is 0 Å². The van der Waals surface area contributed by atoms with Gasteiger partial charge in [0.25, 0.3) is 0 Å². The number of aliphatic carboxylic acids is 1. The lowest BCUT2D eigenvalue weighted by atomic mass is 10.1. The van der Waals surface area contributed by atoms with Crippen LogP contribution in [0.4, 0.5) is 0 Å². The first-order valence-electron chi connectivity index (χ1n) is 3.49. The molecule has 0 spiro atoms. The molecule has 0 atom stereocenters. The zero-order valence-corrected chi connectivity index (χ0v) is 7.51. The van der Waals surface area contributed by atoms with E-state index >= 15 is 0 Å². The van der Waals surface area contributed by atoms with Gasteiger partial charge in [0.15, 0.2) is 0 Å². The third-order valence-electron chi connectivity index (χ3n) is 1.34. The van der Waals surface area contributed by atoms with E-state index in [1.807, 2.05) is 32.8 Å². The van der Waals surface area contributed by atoms with Gasteiger partial charge in [0, 0.05) is 12.1 Å². The van der Waals surface area contributed by atoms with Crippen molar-refractivity contribution in [2.24, 2.45) is 0 Å². The Labute approximate surface area is 67.3 Å². The highest BCUT2D eigenvalue weighted by Gasteiger charge is 2.09. The fourth-order valence-electron chi connectivity index (χ4n) is 0.756. The smallest absolute Gasteiger partial charge is 0.332 e. The SMILES string of the molecule is CC(C)=C(CN(C)C)C(=O)O. The lowest BCUT2D eigenvalue weighted by molar-refractivity contribution is -0.132. The first-order valence-corrected chi connectivity index (χ1v) is 3.49. The van der Waals surface area contributed by atoms with Gasteiger partial charge in [-0.25, -0.2) is 4.79 Å². The summed E-state index contributed by atoms with van der Waals surface area (Å²) in [6.07, 6.45) is 0. The second-order valence-corrected chi connectivity index (χ2v) is 3.02. The van der Waals surface area contributed by atoms with Crippen molar-refractivity contribution in [3.8, 4) is 0 Å². The van der Waals surface area contributed by atoms with E-state index in [1.54, 1.807) is 0 Å². The Morgan fingerprint density at radius 2 is 1.82 bits per heavy atom. The van der Waals surface area contributed by atoms with Crippen LogP contribution < -0.4 is 0 Å². The van der Waals surface area contributed by atoms with Crippen LogP contribution in [0, 0.1) is 0 Å². The topological polar surface area (TPSA) is 40.5 Å². The normalized spacial score (nSPS) is 9.91. The molecule has 0 aliphatic heterocycles. The van der Waals surface area contributed by atoms with E-state index in [2.05, 4.69) is 0 Å². The number of likely N-dealkylation sites (N-methyl/N-ethyl adjacent to an activating group) is 1. The number of allylic oxidation sites excluding steroid dienone is 1. The van der Waals surface area contributed by atoms with Crippen LogP contribution in [0.3, 0.4) is 0 Å². The van der Waals surface area contributed by atoms with Gasteiger partial charge in [-0.2, -0.15) is 0 Å². The monoisotopic (exact) mass is 157 g/mol. The van der Waals surface area contributed by atoms with Crippen molar-refractivity contribution in [1.82, 2.24) is 4.90 Å². The van der Waals surface area contributed by atoms with Crippen LogP contribution in [-0.2, 0) is 4.79 Å². The van der Waals surface area contributed by atoms with Crippen LogP contribution in [-0.4, -0.2) is 36.6 Å². The second-order valence-electron chi connectivity index (χ2n) is 3.02. The van der Waals surface area contributed by atoms with E-state index in [9.17, 15) is 4.79 Å². The van der Waals surface area contributed by atoms with E-state index in [-0.39, 0.29) is 0 Å². The van der Waals surface area contributed by atoms with Crippen molar-refractivity contribution in [1.29, 1.82) is 0 Å². The van der Waals surface area contributed by atoms with Crippen LogP contribution in [0.2, 0.25) is 0 Å². The number of nitrogens with zero attached hydrogens (tertiary/aromatic N) is 1. The maximum atomic E-state index is 10.6. The minimum Gasteiger partial charge on any atom is -0.478 e. The van der Waals surface area contributed by atoms with Crippen LogP contribution in [0.5, 0.6) is 0 Å². The number of carboxylic acid groups (broad SMARTS) is 1. The van der Waals surface area contributed by atoms with Gasteiger partial charge in [-0.05, 0) is 27.9 Å². The Morgan fingerprint density at radius 1 is 1.36 bits per heavy atom. The molecule has 0 aliphatic carbocycles. The molecule has 0 heterocycles. The van der Waals surface area contributed by atoms with Gasteiger partial charge in [-0.15, -0.1) is 0 Å². The molecule has 0 fully saturated rings. The van der Waals surface area contributed by atoms with Crippen molar-refractivity contribution in [2.45, 2.75) is 13.8 Å². The zero-order chi connectivity index (χ0) is 9.02. The fourth-order valence-corrected chi connectivity index (χ4v) is 0.756. The Hall–Kier alpha value is -0.830. The number of rotatable bonds is 3. The van der Waals surface area contributed by atoms with Crippen LogP contribution in [0.1, 0.15) is 13.8 Å². The van der Waals surface area contributed by atoms with Gasteiger partial charge < -0.3 is 10.0 Å². The molecule has 3 heteroatoms. The Bertz CT molecular complexity index is 179.